The lowest BCUT2D eigenvalue weighted by Crippen LogP contribution is -2.00. The summed E-state index contributed by atoms with van der Waals surface area (Å²) in [5.41, 5.74) is 12.0. The van der Waals surface area contributed by atoms with E-state index < -0.39 is 0 Å². The summed E-state index contributed by atoms with van der Waals surface area (Å²) in [7, 11) is 0. The van der Waals surface area contributed by atoms with Crippen molar-refractivity contribution in [1.29, 1.82) is 0 Å². The van der Waals surface area contributed by atoms with Crippen molar-refractivity contribution in [3.8, 4) is 62.4 Å². The van der Waals surface area contributed by atoms with Gasteiger partial charge in [-0.2, -0.15) is 0 Å². The van der Waals surface area contributed by atoms with Crippen molar-refractivity contribution in [2.75, 3.05) is 0 Å². The molecule has 0 atom stereocenters. The second-order valence-electron chi connectivity index (χ2n) is 13.2. The van der Waals surface area contributed by atoms with Gasteiger partial charge in [0.05, 0.1) is 11.0 Å². The molecule has 7 aromatic carbocycles. The van der Waals surface area contributed by atoms with Crippen LogP contribution in [0.15, 0.2) is 174 Å². The molecule has 6 heteroatoms. The fourth-order valence-corrected chi connectivity index (χ4v) is 7.13. The van der Waals surface area contributed by atoms with Crippen molar-refractivity contribution in [3.05, 3.63) is 175 Å². The quantitative estimate of drug-likeness (QED) is 0.175. The van der Waals surface area contributed by atoms with E-state index in [1.807, 2.05) is 84.9 Å². The van der Waals surface area contributed by atoms with Crippen LogP contribution in [-0.2, 0) is 0 Å². The van der Waals surface area contributed by atoms with E-state index in [4.69, 9.17) is 24.4 Å². The molecule has 0 N–H and O–H groups in total. The lowest BCUT2D eigenvalue weighted by atomic mass is 10.0. The number of oxazole rings is 1. The summed E-state index contributed by atoms with van der Waals surface area (Å²) in [6, 6.07) is 58.3. The molecule has 0 amide bonds. The third-order valence-electron chi connectivity index (χ3n) is 9.72. The third kappa shape index (κ3) is 5.54. The molecule has 10 aromatic rings. The van der Waals surface area contributed by atoms with E-state index in [1.54, 1.807) is 0 Å². The van der Waals surface area contributed by atoms with Crippen LogP contribution in [0.3, 0.4) is 0 Å². The first-order valence-electron chi connectivity index (χ1n) is 17.6. The molecule has 53 heavy (non-hydrogen) atoms. The fraction of sp³-hybridized carbons (Fsp3) is 0.0213. The van der Waals surface area contributed by atoms with Crippen molar-refractivity contribution in [3.63, 3.8) is 0 Å². The van der Waals surface area contributed by atoms with E-state index in [2.05, 4.69) is 96.4 Å². The third-order valence-corrected chi connectivity index (χ3v) is 9.72. The first-order chi connectivity index (χ1) is 26.1. The number of hydrogen-bond acceptors (Lipinski definition) is 5. The highest BCUT2D eigenvalue weighted by Gasteiger charge is 2.17. The van der Waals surface area contributed by atoms with Gasteiger partial charge >= 0.3 is 0 Å². The standard InChI is InChI=1S/C47H31N5O/c1-30-20-23-41-38(26-30)39-28-34(21-24-42(39)52(41)37-18-9-4-10-19-37)33-16-11-17-36(27-33)47-48-40-29-35(22-25-43(40)53-47)46-50-44(31-12-5-2-6-13-31)49-45(51-46)32-14-7-3-8-15-32/h2-29H,1H3. The summed E-state index contributed by atoms with van der Waals surface area (Å²) >= 11 is 0. The Hall–Kier alpha value is -7.18. The van der Waals surface area contributed by atoms with Gasteiger partial charge in [-0.25, -0.2) is 19.9 Å². The average molecular weight is 682 g/mol. The smallest absolute Gasteiger partial charge is 0.227 e. The van der Waals surface area contributed by atoms with E-state index in [0.717, 1.165) is 44.6 Å². The average Bonchev–Trinajstić information content (AvgIpc) is 3.80. The van der Waals surface area contributed by atoms with Gasteiger partial charge in [0.25, 0.3) is 0 Å². The summed E-state index contributed by atoms with van der Waals surface area (Å²) in [4.78, 5) is 19.6. The summed E-state index contributed by atoms with van der Waals surface area (Å²) in [6.07, 6.45) is 0. The van der Waals surface area contributed by atoms with Gasteiger partial charge < -0.3 is 8.98 Å². The van der Waals surface area contributed by atoms with E-state index in [9.17, 15) is 0 Å². The van der Waals surface area contributed by atoms with Crippen LogP contribution in [0.2, 0.25) is 0 Å². The minimum Gasteiger partial charge on any atom is -0.436 e. The lowest BCUT2D eigenvalue weighted by molar-refractivity contribution is 0.620. The number of fused-ring (bicyclic) bond motifs is 4. The Kier molecular flexibility index (Phi) is 7.25. The normalized spacial score (nSPS) is 11.5. The molecule has 10 rings (SSSR count). The van der Waals surface area contributed by atoms with Gasteiger partial charge in [-0.3, -0.25) is 0 Å². The Morgan fingerprint density at radius 2 is 0.962 bits per heavy atom. The molecule has 0 saturated heterocycles. The molecule has 250 valence electrons. The van der Waals surface area contributed by atoms with Crippen molar-refractivity contribution in [2.24, 2.45) is 0 Å². The van der Waals surface area contributed by atoms with Crippen molar-refractivity contribution in [2.45, 2.75) is 6.92 Å². The van der Waals surface area contributed by atoms with Crippen molar-refractivity contribution in [1.82, 2.24) is 24.5 Å². The van der Waals surface area contributed by atoms with E-state index in [1.165, 1.54) is 27.4 Å². The second kappa shape index (κ2) is 12.5. The van der Waals surface area contributed by atoms with Gasteiger partial charge in [-0.1, -0.05) is 109 Å². The maximum atomic E-state index is 6.35. The maximum absolute atomic E-state index is 6.35. The molecule has 0 aliphatic heterocycles. The van der Waals surface area contributed by atoms with Gasteiger partial charge in [0, 0.05) is 38.7 Å². The molecule has 3 heterocycles. The highest BCUT2D eigenvalue weighted by molar-refractivity contribution is 6.10. The zero-order valence-corrected chi connectivity index (χ0v) is 28.8. The van der Waals surface area contributed by atoms with E-state index in [-0.39, 0.29) is 0 Å². The number of rotatable bonds is 6. The minimum atomic E-state index is 0.557. The maximum Gasteiger partial charge on any atom is 0.227 e. The van der Waals surface area contributed by atoms with Gasteiger partial charge in [-0.05, 0) is 84.8 Å². The van der Waals surface area contributed by atoms with E-state index in [0.29, 0.717) is 28.9 Å². The summed E-state index contributed by atoms with van der Waals surface area (Å²) < 4.78 is 8.69. The number of benzene rings is 7. The molecule has 0 saturated carbocycles. The van der Waals surface area contributed by atoms with Gasteiger partial charge in [0.1, 0.15) is 5.52 Å². The SMILES string of the molecule is Cc1ccc2c(c1)c1cc(-c3cccc(-c4nc5cc(-c6nc(-c7ccccc7)nc(-c7ccccc7)n6)ccc5o4)c3)ccc1n2-c1ccccc1. The van der Waals surface area contributed by atoms with Gasteiger partial charge in [0.2, 0.25) is 5.89 Å². The molecule has 6 nitrogen and oxygen atoms in total. The Labute approximate surface area is 305 Å². The molecule has 0 radical (unpaired) electrons. The zero-order valence-electron chi connectivity index (χ0n) is 28.8. The molecule has 3 aromatic heterocycles. The topological polar surface area (TPSA) is 69.6 Å². The minimum absolute atomic E-state index is 0.557. The predicted octanol–water partition coefficient (Wildman–Crippen LogP) is 11.8. The van der Waals surface area contributed by atoms with Crippen LogP contribution >= 0.6 is 0 Å². The Balaban J connectivity index is 1.03. The lowest BCUT2D eigenvalue weighted by Gasteiger charge is -2.08. The molecule has 0 aliphatic rings. The highest BCUT2D eigenvalue weighted by atomic mass is 16.3. The van der Waals surface area contributed by atoms with Crippen LogP contribution in [-0.4, -0.2) is 24.5 Å². The molecular weight excluding hydrogens is 651 g/mol. The first-order valence-corrected chi connectivity index (χ1v) is 17.6. The fourth-order valence-electron chi connectivity index (χ4n) is 7.13. The van der Waals surface area contributed by atoms with Crippen LogP contribution in [0.25, 0.3) is 95.3 Å². The zero-order chi connectivity index (χ0) is 35.3. The monoisotopic (exact) mass is 681 g/mol. The Bertz CT molecular complexity index is 2890. The van der Waals surface area contributed by atoms with Crippen LogP contribution in [0, 0.1) is 6.92 Å². The molecular formula is C47H31N5O. The van der Waals surface area contributed by atoms with Crippen LogP contribution in [0.5, 0.6) is 0 Å². The summed E-state index contributed by atoms with van der Waals surface area (Å²) in [6.45, 7) is 2.15. The van der Waals surface area contributed by atoms with Gasteiger partial charge in [0.15, 0.2) is 23.1 Å². The van der Waals surface area contributed by atoms with Gasteiger partial charge in [-0.15, -0.1) is 0 Å². The molecule has 0 unspecified atom stereocenters. The second-order valence-corrected chi connectivity index (χ2v) is 13.2. The highest BCUT2D eigenvalue weighted by Crippen LogP contribution is 2.37. The molecule has 0 aliphatic carbocycles. The number of aryl methyl sites for hydroxylation is 1. The number of nitrogens with zero attached hydrogens (tertiary/aromatic N) is 5. The number of aromatic nitrogens is 5. The largest absolute Gasteiger partial charge is 0.436 e. The number of para-hydroxylation sites is 1. The Morgan fingerprint density at radius 3 is 1.66 bits per heavy atom. The van der Waals surface area contributed by atoms with Crippen LogP contribution < -0.4 is 0 Å². The summed E-state index contributed by atoms with van der Waals surface area (Å²) in [5.74, 6) is 2.36. The predicted molar refractivity (Wildman–Crippen MR) is 214 cm³/mol. The van der Waals surface area contributed by atoms with Crippen molar-refractivity contribution < 1.29 is 4.42 Å². The van der Waals surface area contributed by atoms with Crippen LogP contribution in [0.1, 0.15) is 5.56 Å². The molecule has 0 bridgehead atoms. The first kappa shape index (κ1) is 30.6. The summed E-state index contributed by atoms with van der Waals surface area (Å²) in [5, 5.41) is 2.45. The van der Waals surface area contributed by atoms with E-state index >= 15 is 0 Å². The van der Waals surface area contributed by atoms with Crippen molar-refractivity contribution >= 4 is 32.9 Å². The molecule has 0 fully saturated rings. The molecule has 0 spiro atoms. The Morgan fingerprint density at radius 1 is 0.415 bits per heavy atom. The van der Waals surface area contributed by atoms with Crippen LogP contribution in [0.4, 0.5) is 0 Å². The number of hydrogen-bond donors (Lipinski definition) is 0.